The topological polar surface area (TPSA) is 60.9 Å². The summed E-state index contributed by atoms with van der Waals surface area (Å²) in [6.07, 6.45) is 1.83. The second-order valence-corrected chi connectivity index (χ2v) is 4.14. The fraction of sp³-hybridized carbons (Fsp3) is 0.231. The van der Waals surface area contributed by atoms with Crippen molar-refractivity contribution in [2.75, 3.05) is 0 Å². The zero-order valence-electron chi connectivity index (χ0n) is 10.2. The molecule has 0 aliphatic rings. The van der Waals surface area contributed by atoms with Crippen molar-refractivity contribution < 1.29 is 4.79 Å². The average Bonchev–Trinajstić information content (AvgIpc) is 2.59. The summed E-state index contributed by atoms with van der Waals surface area (Å²) in [6, 6.07) is 5.61. The minimum Gasteiger partial charge on any atom is -0.366 e. The molecule has 1 amide bonds. The van der Waals surface area contributed by atoms with Gasteiger partial charge >= 0.3 is 0 Å². The van der Waals surface area contributed by atoms with E-state index in [0.29, 0.717) is 5.56 Å². The monoisotopic (exact) mass is 229 g/mol. The normalized spacial score (nSPS) is 10.5. The van der Waals surface area contributed by atoms with E-state index >= 15 is 0 Å². The highest BCUT2D eigenvalue weighted by Crippen LogP contribution is 2.22. The first-order chi connectivity index (χ1) is 8.00. The molecule has 4 heteroatoms. The van der Waals surface area contributed by atoms with Crippen molar-refractivity contribution in [1.82, 2.24) is 9.55 Å². The fourth-order valence-electron chi connectivity index (χ4n) is 1.87. The molecule has 0 fully saturated rings. The Hall–Kier alpha value is -2.10. The maximum absolute atomic E-state index is 11.1. The summed E-state index contributed by atoms with van der Waals surface area (Å²) in [5, 5.41) is 0. The van der Waals surface area contributed by atoms with Crippen molar-refractivity contribution in [3.05, 3.63) is 41.3 Å². The summed E-state index contributed by atoms with van der Waals surface area (Å²) in [4.78, 5) is 15.4. The average molecular weight is 229 g/mol. The molecule has 17 heavy (non-hydrogen) atoms. The van der Waals surface area contributed by atoms with Gasteiger partial charge in [0.05, 0.1) is 11.9 Å². The molecular weight excluding hydrogens is 214 g/mol. The van der Waals surface area contributed by atoms with Gasteiger partial charge in [0, 0.05) is 18.2 Å². The van der Waals surface area contributed by atoms with Crippen molar-refractivity contribution in [2.45, 2.75) is 13.8 Å². The Balaban J connectivity index is 2.52. The van der Waals surface area contributed by atoms with Gasteiger partial charge in [0.2, 0.25) is 5.91 Å². The Morgan fingerprint density at radius 2 is 2.06 bits per heavy atom. The van der Waals surface area contributed by atoms with Crippen LogP contribution in [0.1, 0.15) is 21.7 Å². The number of carbonyl (C=O) groups excluding carboxylic acids is 1. The van der Waals surface area contributed by atoms with E-state index in [2.05, 4.69) is 4.98 Å². The molecule has 2 rings (SSSR count). The van der Waals surface area contributed by atoms with Gasteiger partial charge in [-0.05, 0) is 31.5 Å². The molecule has 0 aliphatic carbocycles. The van der Waals surface area contributed by atoms with E-state index in [9.17, 15) is 4.79 Å². The Bertz CT molecular complexity index is 584. The zero-order valence-corrected chi connectivity index (χ0v) is 10.2. The van der Waals surface area contributed by atoms with Crippen molar-refractivity contribution in [3.8, 4) is 11.3 Å². The van der Waals surface area contributed by atoms with Crippen LogP contribution in [0, 0.1) is 13.8 Å². The second-order valence-electron chi connectivity index (χ2n) is 4.14. The highest BCUT2D eigenvalue weighted by atomic mass is 16.1. The lowest BCUT2D eigenvalue weighted by Crippen LogP contribution is -2.12. The van der Waals surface area contributed by atoms with Gasteiger partial charge in [0.1, 0.15) is 5.82 Å². The number of aromatic nitrogens is 2. The van der Waals surface area contributed by atoms with Crippen LogP contribution in [0.4, 0.5) is 0 Å². The van der Waals surface area contributed by atoms with Gasteiger partial charge in [-0.3, -0.25) is 4.79 Å². The lowest BCUT2D eigenvalue weighted by Gasteiger charge is -2.07. The van der Waals surface area contributed by atoms with Gasteiger partial charge < -0.3 is 10.3 Å². The third-order valence-corrected chi connectivity index (χ3v) is 3.01. The summed E-state index contributed by atoms with van der Waals surface area (Å²) in [5.41, 5.74) is 8.79. The second kappa shape index (κ2) is 4.05. The van der Waals surface area contributed by atoms with E-state index in [-0.39, 0.29) is 0 Å². The Morgan fingerprint density at radius 3 is 2.53 bits per heavy atom. The van der Waals surface area contributed by atoms with Crippen molar-refractivity contribution >= 4 is 5.91 Å². The van der Waals surface area contributed by atoms with Crippen LogP contribution >= 0.6 is 0 Å². The minimum absolute atomic E-state index is 0.393. The molecule has 2 aromatic rings. The first-order valence-electron chi connectivity index (χ1n) is 5.40. The highest BCUT2D eigenvalue weighted by Gasteiger charge is 2.09. The maximum Gasteiger partial charge on any atom is 0.248 e. The number of carbonyl (C=O) groups is 1. The first kappa shape index (κ1) is 11.4. The molecule has 88 valence electrons. The summed E-state index contributed by atoms with van der Waals surface area (Å²) in [6.45, 7) is 3.83. The highest BCUT2D eigenvalue weighted by molar-refractivity contribution is 5.94. The summed E-state index contributed by atoms with van der Waals surface area (Å²) in [7, 11) is 1.97. The standard InChI is InChI=1S/C13H15N3O/c1-8-6-10(4-5-11(8)13(14)17)12-7-15-9(2)16(12)3/h4-7H,1-3H3,(H2,14,17). The van der Waals surface area contributed by atoms with Crippen LogP contribution in [-0.2, 0) is 7.05 Å². The van der Waals surface area contributed by atoms with E-state index in [1.807, 2.05) is 43.8 Å². The van der Waals surface area contributed by atoms with Crippen LogP contribution in [0.25, 0.3) is 11.3 Å². The van der Waals surface area contributed by atoms with Crippen LogP contribution < -0.4 is 5.73 Å². The van der Waals surface area contributed by atoms with Crippen LogP contribution in [0.15, 0.2) is 24.4 Å². The van der Waals surface area contributed by atoms with Crippen molar-refractivity contribution in [3.63, 3.8) is 0 Å². The van der Waals surface area contributed by atoms with Crippen LogP contribution in [-0.4, -0.2) is 15.5 Å². The summed E-state index contributed by atoms with van der Waals surface area (Å²) in [5.74, 6) is 0.562. The molecule has 0 bridgehead atoms. The third-order valence-electron chi connectivity index (χ3n) is 3.01. The molecule has 2 N–H and O–H groups in total. The Kier molecular flexibility index (Phi) is 2.71. The van der Waals surface area contributed by atoms with Crippen LogP contribution in [0.3, 0.4) is 0 Å². The molecule has 1 aromatic heterocycles. The van der Waals surface area contributed by atoms with Crippen molar-refractivity contribution in [1.29, 1.82) is 0 Å². The largest absolute Gasteiger partial charge is 0.366 e. The molecule has 1 aromatic carbocycles. The van der Waals surface area contributed by atoms with Gasteiger partial charge in [0.25, 0.3) is 0 Å². The van der Waals surface area contributed by atoms with Crippen LogP contribution in [0.2, 0.25) is 0 Å². The molecule has 0 unspecified atom stereocenters. The predicted molar refractivity (Wildman–Crippen MR) is 66.6 cm³/mol. The van der Waals surface area contributed by atoms with E-state index < -0.39 is 5.91 Å². The number of benzene rings is 1. The van der Waals surface area contributed by atoms with E-state index in [0.717, 1.165) is 22.6 Å². The number of hydrogen-bond donors (Lipinski definition) is 1. The predicted octanol–water partition coefficient (Wildman–Crippen LogP) is 1.80. The maximum atomic E-state index is 11.1. The van der Waals surface area contributed by atoms with Gasteiger partial charge in [-0.1, -0.05) is 6.07 Å². The molecular formula is C13H15N3O. The minimum atomic E-state index is -0.393. The number of rotatable bonds is 2. The number of amides is 1. The van der Waals surface area contributed by atoms with E-state index in [1.54, 1.807) is 6.07 Å². The number of primary amides is 1. The first-order valence-corrected chi connectivity index (χ1v) is 5.40. The lowest BCUT2D eigenvalue weighted by molar-refractivity contribution is 0.1000. The smallest absolute Gasteiger partial charge is 0.248 e. The lowest BCUT2D eigenvalue weighted by atomic mass is 10.0. The zero-order chi connectivity index (χ0) is 12.6. The van der Waals surface area contributed by atoms with Gasteiger partial charge in [-0.2, -0.15) is 0 Å². The summed E-state index contributed by atoms with van der Waals surface area (Å²) < 4.78 is 2.01. The number of imidazole rings is 1. The number of nitrogens with zero attached hydrogens (tertiary/aromatic N) is 2. The summed E-state index contributed by atoms with van der Waals surface area (Å²) >= 11 is 0. The molecule has 0 spiro atoms. The third kappa shape index (κ3) is 1.93. The van der Waals surface area contributed by atoms with Crippen molar-refractivity contribution in [2.24, 2.45) is 12.8 Å². The number of nitrogens with two attached hydrogens (primary N) is 1. The van der Waals surface area contributed by atoms with Crippen LogP contribution in [0.5, 0.6) is 0 Å². The molecule has 0 aliphatic heterocycles. The quantitative estimate of drug-likeness (QED) is 0.853. The van der Waals surface area contributed by atoms with Gasteiger partial charge in [-0.15, -0.1) is 0 Å². The fourth-order valence-corrected chi connectivity index (χ4v) is 1.87. The Labute approximate surface area is 100 Å². The molecule has 0 saturated carbocycles. The number of hydrogen-bond acceptors (Lipinski definition) is 2. The number of aryl methyl sites for hydroxylation is 2. The molecule has 1 heterocycles. The van der Waals surface area contributed by atoms with E-state index in [4.69, 9.17) is 5.73 Å². The molecule has 0 radical (unpaired) electrons. The molecule has 0 saturated heterocycles. The van der Waals surface area contributed by atoms with Gasteiger partial charge in [-0.25, -0.2) is 4.98 Å². The van der Waals surface area contributed by atoms with E-state index in [1.165, 1.54) is 0 Å². The van der Waals surface area contributed by atoms with Gasteiger partial charge in [0.15, 0.2) is 0 Å². The molecule has 0 atom stereocenters. The SMILES string of the molecule is Cc1cc(-c2cnc(C)n2C)ccc1C(N)=O. The molecule has 4 nitrogen and oxygen atoms in total. The Morgan fingerprint density at radius 1 is 1.35 bits per heavy atom.